The van der Waals surface area contributed by atoms with Crippen molar-refractivity contribution in [2.45, 2.75) is 84.2 Å². The van der Waals surface area contributed by atoms with Crippen molar-refractivity contribution in [2.75, 3.05) is 6.54 Å². The van der Waals surface area contributed by atoms with Crippen LogP contribution in [0.3, 0.4) is 0 Å². The molecule has 0 radical (unpaired) electrons. The number of aryl methyl sites for hydroxylation is 1. The largest absolute Gasteiger partial charge is 0.481 e. The average Bonchev–Trinajstić information content (AvgIpc) is 3.36. The SMILES string of the molecule is CC(C)(C)C1CCC(N(C(=O)Cc2cccc3ccccc23)C2CCc3cc(C(=O)NCCC(=O)O)ccc32)CC1. The zero-order valence-corrected chi connectivity index (χ0v) is 24.5. The molecule has 0 bridgehead atoms. The van der Waals surface area contributed by atoms with Crippen LogP contribution < -0.4 is 5.32 Å². The minimum Gasteiger partial charge on any atom is -0.481 e. The molecule has 0 aromatic heterocycles. The number of carbonyl (C=O) groups is 3. The molecule has 1 unspecified atom stereocenters. The monoisotopic (exact) mass is 554 g/mol. The number of hydrogen-bond donors (Lipinski definition) is 2. The van der Waals surface area contributed by atoms with Crippen molar-refractivity contribution in [1.82, 2.24) is 10.2 Å². The van der Waals surface area contributed by atoms with E-state index in [-0.39, 0.29) is 42.3 Å². The quantitative estimate of drug-likeness (QED) is 0.324. The molecule has 1 saturated carbocycles. The topological polar surface area (TPSA) is 86.7 Å². The predicted molar refractivity (Wildman–Crippen MR) is 162 cm³/mol. The minimum atomic E-state index is -0.938. The Hall–Kier alpha value is -3.67. The van der Waals surface area contributed by atoms with Gasteiger partial charge >= 0.3 is 5.97 Å². The summed E-state index contributed by atoms with van der Waals surface area (Å²) in [5.74, 6) is -0.366. The van der Waals surface area contributed by atoms with E-state index in [4.69, 9.17) is 5.11 Å². The van der Waals surface area contributed by atoms with Crippen molar-refractivity contribution in [3.63, 3.8) is 0 Å². The Morgan fingerprint density at radius 1 is 0.927 bits per heavy atom. The van der Waals surface area contributed by atoms with Crippen LogP contribution in [0.4, 0.5) is 0 Å². The van der Waals surface area contributed by atoms with Crippen molar-refractivity contribution in [3.8, 4) is 0 Å². The summed E-state index contributed by atoms with van der Waals surface area (Å²) in [4.78, 5) is 40.0. The number of benzene rings is 3. The Morgan fingerprint density at radius 3 is 2.39 bits per heavy atom. The van der Waals surface area contributed by atoms with Gasteiger partial charge in [0.15, 0.2) is 0 Å². The Balaban J connectivity index is 1.41. The number of fused-ring (bicyclic) bond motifs is 2. The molecule has 0 saturated heterocycles. The molecule has 216 valence electrons. The number of nitrogens with one attached hydrogen (secondary N) is 1. The van der Waals surface area contributed by atoms with Crippen LogP contribution in [0.15, 0.2) is 60.7 Å². The summed E-state index contributed by atoms with van der Waals surface area (Å²) in [6.45, 7) is 7.07. The van der Waals surface area contributed by atoms with Crippen LogP contribution in [0.25, 0.3) is 10.8 Å². The molecular formula is C35H42N2O4. The second-order valence-corrected chi connectivity index (χ2v) is 12.9. The van der Waals surface area contributed by atoms with Crippen LogP contribution >= 0.6 is 0 Å². The van der Waals surface area contributed by atoms with E-state index in [0.29, 0.717) is 17.9 Å². The van der Waals surface area contributed by atoms with Gasteiger partial charge in [-0.3, -0.25) is 14.4 Å². The summed E-state index contributed by atoms with van der Waals surface area (Å²) in [5.41, 5.74) is 4.11. The maximum Gasteiger partial charge on any atom is 0.305 e. The number of rotatable bonds is 8. The molecule has 6 nitrogen and oxygen atoms in total. The van der Waals surface area contributed by atoms with Crippen molar-refractivity contribution in [3.05, 3.63) is 82.9 Å². The fourth-order valence-electron chi connectivity index (χ4n) is 6.96. The van der Waals surface area contributed by atoms with E-state index in [1.807, 2.05) is 36.4 Å². The van der Waals surface area contributed by atoms with Crippen LogP contribution in [-0.4, -0.2) is 40.4 Å². The van der Waals surface area contributed by atoms with E-state index in [1.165, 1.54) is 0 Å². The first-order valence-electron chi connectivity index (χ1n) is 15.0. The minimum absolute atomic E-state index is 0.00668. The highest BCUT2D eigenvalue weighted by molar-refractivity contribution is 5.95. The Morgan fingerprint density at radius 2 is 1.66 bits per heavy atom. The summed E-state index contributed by atoms with van der Waals surface area (Å²) >= 11 is 0. The van der Waals surface area contributed by atoms with Gasteiger partial charge in [0.25, 0.3) is 5.91 Å². The molecule has 6 heteroatoms. The lowest BCUT2D eigenvalue weighted by Crippen LogP contribution is -2.45. The second kappa shape index (κ2) is 12.1. The van der Waals surface area contributed by atoms with Crippen LogP contribution in [0, 0.1) is 11.3 Å². The lowest BCUT2D eigenvalue weighted by atomic mass is 9.71. The number of carbonyl (C=O) groups excluding carboxylic acids is 2. The Bertz CT molecular complexity index is 1430. The third-order valence-electron chi connectivity index (χ3n) is 9.24. The van der Waals surface area contributed by atoms with Gasteiger partial charge in [-0.2, -0.15) is 0 Å². The van der Waals surface area contributed by atoms with Gasteiger partial charge in [-0.1, -0.05) is 69.3 Å². The zero-order chi connectivity index (χ0) is 29.1. The predicted octanol–water partition coefficient (Wildman–Crippen LogP) is 6.71. The maximum absolute atomic E-state index is 14.3. The first kappa shape index (κ1) is 28.8. The molecule has 0 spiro atoms. The van der Waals surface area contributed by atoms with Gasteiger partial charge in [0.2, 0.25) is 5.91 Å². The van der Waals surface area contributed by atoms with E-state index in [0.717, 1.165) is 66.0 Å². The first-order valence-corrected chi connectivity index (χ1v) is 15.0. The summed E-state index contributed by atoms with van der Waals surface area (Å²) in [6, 6.07) is 20.4. The average molecular weight is 555 g/mol. The highest BCUT2D eigenvalue weighted by atomic mass is 16.4. The molecular weight excluding hydrogens is 512 g/mol. The molecule has 0 heterocycles. The molecule has 5 rings (SSSR count). The number of carboxylic acid groups (broad SMARTS) is 1. The van der Waals surface area contributed by atoms with Gasteiger partial charge in [0, 0.05) is 18.2 Å². The number of carboxylic acids is 1. The van der Waals surface area contributed by atoms with Crippen LogP contribution in [0.5, 0.6) is 0 Å². The molecule has 2 amide bonds. The standard InChI is InChI=1S/C35H42N2O4/c1-35(2,3)27-13-15-28(16-14-27)37(32(38)22-24-9-6-8-23-7-4-5-10-29(23)24)31-18-12-25-21-26(11-17-30(25)31)34(41)36-20-19-33(39)40/h4-11,17,21,27-28,31H,12-16,18-20,22H2,1-3H3,(H,36,41)(H,39,40). The van der Waals surface area contributed by atoms with Gasteiger partial charge in [-0.25, -0.2) is 0 Å². The summed E-state index contributed by atoms with van der Waals surface area (Å²) in [6.07, 6.45) is 6.20. The molecule has 2 aliphatic rings. The van der Waals surface area contributed by atoms with Crippen LogP contribution in [0.1, 0.15) is 92.4 Å². The number of hydrogen-bond acceptors (Lipinski definition) is 3. The van der Waals surface area contributed by atoms with Gasteiger partial charge in [-0.15, -0.1) is 0 Å². The third-order valence-corrected chi connectivity index (χ3v) is 9.24. The molecule has 2 aliphatic carbocycles. The highest BCUT2D eigenvalue weighted by Crippen LogP contribution is 2.44. The zero-order valence-electron chi connectivity index (χ0n) is 24.5. The number of nitrogens with zero attached hydrogens (tertiary/aromatic N) is 1. The lowest BCUT2D eigenvalue weighted by molar-refractivity contribution is -0.137. The van der Waals surface area contributed by atoms with Crippen molar-refractivity contribution < 1.29 is 19.5 Å². The molecule has 1 atom stereocenters. The second-order valence-electron chi connectivity index (χ2n) is 12.9. The van der Waals surface area contributed by atoms with E-state index >= 15 is 0 Å². The summed E-state index contributed by atoms with van der Waals surface area (Å²) in [5, 5.41) is 13.9. The third kappa shape index (κ3) is 6.47. The highest BCUT2D eigenvalue weighted by Gasteiger charge is 2.39. The van der Waals surface area contributed by atoms with Crippen LogP contribution in [0.2, 0.25) is 0 Å². The molecule has 41 heavy (non-hydrogen) atoms. The van der Waals surface area contributed by atoms with Crippen molar-refractivity contribution >= 4 is 28.6 Å². The molecule has 1 fully saturated rings. The first-order chi connectivity index (χ1) is 19.6. The number of amides is 2. The van der Waals surface area contributed by atoms with Crippen LogP contribution in [-0.2, 0) is 22.4 Å². The lowest BCUT2D eigenvalue weighted by Gasteiger charge is -2.43. The van der Waals surface area contributed by atoms with Crippen molar-refractivity contribution in [1.29, 1.82) is 0 Å². The summed E-state index contributed by atoms with van der Waals surface area (Å²) < 4.78 is 0. The fourth-order valence-corrected chi connectivity index (χ4v) is 6.96. The molecule has 0 aliphatic heterocycles. The molecule has 3 aromatic rings. The van der Waals surface area contributed by atoms with E-state index in [9.17, 15) is 14.4 Å². The van der Waals surface area contributed by atoms with Gasteiger partial charge in [-0.05, 0) is 89.5 Å². The maximum atomic E-state index is 14.3. The van der Waals surface area contributed by atoms with E-state index < -0.39 is 5.97 Å². The normalized spacial score (nSPS) is 20.4. The Kier molecular flexibility index (Phi) is 8.48. The van der Waals surface area contributed by atoms with Crippen molar-refractivity contribution in [2.24, 2.45) is 11.3 Å². The smallest absolute Gasteiger partial charge is 0.305 e. The van der Waals surface area contributed by atoms with Gasteiger partial charge in [0.1, 0.15) is 0 Å². The van der Waals surface area contributed by atoms with Gasteiger partial charge in [0.05, 0.1) is 18.9 Å². The molecule has 3 aromatic carbocycles. The number of aliphatic carboxylic acids is 1. The Labute approximate surface area is 243 Å². The van der Waals surface area contributed by atoms with Gasteiger partial charge < -0.3 is 15.3 Å². The molecule has 2 N–H and O–H groups in total. The van der Waals surface area contributed by atoms with E-state index in [1.54, 1.807) is 0 Å². The summed E-state index contributed by atoms with van der Waals surface area (Å²) in [7, 11) is 0. The fraction of sp³-hybridized carbons (Fsp3) is 0.457. The van der Waals surface area contributed by atoms with E-state index in [2.05, 4.69) is 55.3 Å².